The van der Waals surface area contributed by atoms with Crippen molar-refractivity contribution in [3.63, 3.8) is 0 Å². The number of aromatic nitrogens is 2. The molecule has 0 aliphatic heterocycles. The molecule has 8 heteroatoms. The van der Waals surface area contributed by atoms with E-state index in [4.69, 9.17) is 21.1 Å². The van der Waals surface area contributed by atoms with Crippen LogP contribution in [0.2, 0.25) is 5.02 Å². The summed E-state index contributed by atoms with van der Waals surface area (Å²) < 4.78 is 10.6. The summed E-state index contributed by atoms with van der Waals surface area (Å²) in [5.74, 6) is -0.00456. The van der Waals surface area contributed by atoms with E-state index in [1.807, 2.05) is 0 Å². The van der Waals surface area contributed by atoms with Gasteiger partial charge in [-0.25, -0.2) is 14.8 Å². The summed E-state index contributed by atoms with van der Waals surface area (Å²) in [6, 6.07) is 13.2. The molecule has 31 heavy (non-hydrogen) atoms. The summed E-state index contributed by atoms with van der Waals surface area (Å²) in [4.78, 5) is 32.4. The lowest BCUT2D eigenvalue weighted by atomic mass is 9.96. The average molecular weight is 440 g/mol. The van der Waals surface area contributed by atoms with Gasteiger partial charge >= 0.3 is 11.9 Å². The molecule has 1 N–H and O–H groups in total. The zero-order valence-corrected chi connectivity index (χ0v) is 17.9. The van der Waals surface area contributed by atoms with Crippen LogP contribution in [-0.2, 0) is 9.53 Å². The third-order valence-corrected chi connectivity index (χ3v) is 4.62. The van der Waals surface area contributed by atoms with Crippen LogP contribution in [0.3, 0.4) is 0 Å². The van der Waals surface area contributed by atoms with Crippen LogP contribution in [0.25, 0.3) is 0 Å². The van der Waals surface area contributed by atoms with Gasteiger partial charge < -0.3 is 14.8 Å². The zero-order valence-electron chi connectivity index (χ0n) is 17.2. The molecular formula is C23H22ClN3O4. The maximum absolute atomic E-state index is 12.0. The van der Waals surface area contributed by atoms with Crippen molar-refractivity contribution in [2.45, 2.75) is 26.3 Å². The smallest absolute Gasteiger partial charge is 0.338 e. The second-order valence-electron chi connectivity index (χ2n) is 6.50. The molecule has 160 valence electrons. The molecule has 7 nitrogen and oxygen atoms in total. The maximum atomic E-state index is 12.0. The number of carbonyl (C=O) groups is 2. The molecule has 0 aliphatic rings. The van der Waals surface area contributed by atoms with Gasteiger partial charge in [0.1, 0.15) is 5.75 Å². The number of hydrogen-bond acceptors (Lipinski definition) is 7. The van der Waals surface area contributed by atoms with E-state index in [2.05, 4.69) is 15.3 Å². The number of hydrogen-bond donors (Lipinski definition) is 1. The summed E-state index contributed by atoms with van der Waals surface area (Å²) in [6.45, 7) is 3.77. The lowest BCUT2D eigenvalue weighted by Crippen LogP contribution is -2.17. The molecule has 3 aromatic rings. The van der Waals surface area contributed by atoms with Crippen LogP contribution in [0.15, 0.2) is 60.9 Å². The Morgan fingerprint density at radius 3 is 2.42 bits per heavy atom. The van der Waals surface area contributed by atoms with Gasteiger partial charge in [0.05, 0.1) is 18.2 Å². The number of nitrogens with zero attached hydrogens (tertiary/aromatic N) is 2. The third-order valence-electron chi connectivity index (χ3n) is 4.39. The fourth-order valence-electron chi connectivity index (χ4n) is 2.90. The predicted molar refractivity (Wildman–Crippen MR) is 117 cm³/mol. The van der Waals surface area contributed by atoms with E-state index in [1.165, 1.54) is 0 Å². The second-order valence-corrected chi connectivity index (χ2v) is 6.94. The van der Waals surface area contributed by atoms with E-state index in [-0.39, 0.29) is 12.4 Å². The monoisotopic (exact) mass is 439 g/mol. The first-order valence-electron chi connectivity index (χ1n) is 9.82. The Balaban J connectivity index is 2.04. The quantitative estimate of drug-likeness (QED) is 0.397. The summed E-state index contributed by atoms with van der Waals surface area (Å²) in [7, 11) is 0. The van der Waals surface area contributed by atoms with Crippen LogP contribution in [0.5, 0.6) is 5.75 Å². The molecule has 0 aliphatic carbocycles. The topological polar surface area (TPSA) is 90.4 Å². The van der Waals surface area contributed by atoms with Crippen molar-refractivity contribution in [3.05, 3.63) is 82.6 Å². The Morgan fingerprint density at radius 1 is 1.06 bits per heavy atom. The van der Waals surface area contributed by atoms with E-state index in [1.54, 1.807) is 74.8 Å². The fraction of sp³-hybridized carbons (Fsp3) is 0.217. The van der Waals surface area contributed by atoms with E-state index in [0.29, 0.717) is 34.5 Å². The molecule has 0 amide bonds. The van der Waals surface area contributed by atoms with E-state index in [0.717, 1.165) is 5.56 Å². The average Bonchev–Trinajstić information content (AvgIpc) is 2.79. The van der Waals surface area contributed by atoms with Crippen LogP contribution in [0.4, 0.5) is 5.95 Å². The lowest BCUT2D eigenvalue weighted by molar-refractivity contribution is -0.134. The summed E-state index contributed by atoms with van der Waals surface area (Å²) in [6.07, 6.45) is 3.47. The first kappa shape index (κ1) is 22.2. The minimum atomic E-state index is -0.503. The summed E-state index contributed by atoms with van der Waals surface area (Å²) >= 11 is 6.26. The van der Waals surface area contributed by atoms with Gasteiger partial charge in [-0.15, -0.1) is 0 Å². The minimum Gasteiger partial charge on any atom is -0.462 e. The van der Waals surface area contributed by atoms with Gasteiger partial charge in [-0.2, -0.15) is 0 Å². The van der Waals surface area contributed by atoms with Crippen molar-refractivity contribution >= 4 is 29.5 Å². The van der Waals surface area contributed by atoms with Gasteiger partial charge in [0.25, 0.3) is 0 Å². The maximum Gasteiger partial charge on any atom is 0.338 e. The Bertz CT molecular complexity index is 1040. The highest BCUT2D eigenvalue weighted by Gasteiger charge is 2.22. The number of rotatable bonds is 8. The molecule has 0 bridgehead atoms. The first-order chi connectivity index (χ1) is 15.0. The molecule has 1 atom stereocenters. The number of halogens is 1. The number of benzene rings is 2. The molecule has 1 aromatic heterocycles. The normalized spacial score (nSPS) is 11.5. The highest BCUT2D eigenvalue weighted by atomic mass is 35.5. The molecule has 0 fully saturated rings. The summed E-state index contributed by atoms with van der Waals surface area (Å²) in [5.41, 5.74) is 1.85. The van der Waals surface area contributed by atoms with Crippen LogP contribution in [-0.4, -0.2) is 28.5 Å². The lowest BCUT2D eigenvalue weighted by Gasteiger charge is -2.22. The first-order valence-corrected chi connectivity index (χ1v) is 10.2. The van der Waals surface area contributed by atoms with Crippen LogP contribution in [0.1, 0.15) is 47.8 Å². The van der Waals surface area contributed by atoms with Crippen LogP contribution < -0.4 is 10.1 Å². The van der Waals surface area contributed by atoms with Crippen molar-refractivity contribution in [1.29, 1.82) is 0 Å². The van der Waals surface area contributed by atoms with E-state index in [9.17, 15) is 9.59 Å². The largest absolute Gasteiger partial charge is 0.462 e. The Hall–Kier alpha value is -3.45. The molecule has 2 aromatic carbocycles. The summed E-state index contributed by atoms with van der Waals surface area (Å²) in [5, 5.41) is 3.74. The SMILES string of the molecule is CCOC(=O)c1ccc(C(Nc2ncccn2)c2cc(Cl)ccc2OC(=O)CC)cc1. The molecule has 0 radical (unpaired) electrons. The Labute approximate surface area is 185 Å². The van der Waals surface area contributed by atoms with Crippen molar-refractivity contribution < 1.29 is 19.1 Å². The Morgan fingerprint density at radius 2 is 1.77 bits per heavy atom. The number of carbonyl (C=O) groups excluding carboxylic acids is 2. The van der Waals surface area contributed by atoms with Crippen molar-refractivity contribution in [2.24, 2.45) is 0 Å². The fourth-order valence-corrected chi connectivity index (χ4v) is 3.08. The number of anilines is 1. The van der Waals surface area contributed by atoms with Crippen LogP contribution in [0, 0.1) is 0 Å². The molecule has 3 rings (SSSR count). The number of ether oxygens (including phenoxy) is 2. The van der Waals surface area contributed by atoms with Gasteiger partial charge in [0.15, 0.2) is 0 Å². The number of nitrogens with one attached hydrogen (secondary N) is 1. The molecule has 0 spiro atoms. The van der Waals surface area contributed by atoms with E-state index < -0.39 is 12.0 Å². The highest BCUT2D eigenvalue weighted by molar-refractivity contribution is 6.30. The Kier molecular flexibility index (Phi) is 7.56. The van der Waals surface area contributed by atoms with Crippen LogP contribution >= 0.6 is 11.6 Å². The predicted octanol–water partition coefficient (Wildman–Crippen LogP) is 4.82. The highest BCUT2D eigenvalue weighted by Crippen LogP contribution is 2.35. The van der Waals surface area contributed by atoms with Gasteiger partial charge in [0.2, 0.25) is 5.95 Å². The van der Waals surface area contributed by atoms with Gasteiger partial charge in [-0.3, -0.25) is 4.79 Å². The molecule has 1 heterocycles. The van der Waals surface area contributed by atoms with E-state index >= 15 is 0 Å². The van der Waals surface area contributed by atoms with Gasteiger partial charge in [-0.1, -0.05) is 30.7 Å². The minimum absolute atomic E-state index is 0.232. The van der Waals surface area contributed by atoms with Gasteiger partial charge in [-0.05, 0) is 48.9 Å². The zero-order chi connectivity index (χ0) is 22.2. The molecular weight excluding hydrogens is 418 g/mol. The number of esters is 2. The van der Waals surface area contributed by atoms with Crippen molar-refractivity contribution in [1.82, 2.24) is 9.97 Å². The molecule has 0 saturated heterocycles. The molecule has 1 unspecified atom stereocenters. The van der Waals surface area contributed by atoms with Crippen molar-refractivity contribution in [2.75, 3.05) is 11.9 Å². The van der Waals surface area contributed by atoms with Gasteiger partial charge in [0, 0.05) is 29.4 Å². The third kappa shape index (κ3) is 5.79. The standard InChI is InChI=1S/C23H22ClN3O4/c1-3-20(28)31-19-11-10-17(24)14-18(19)21(27-23-25-12-5-13-26-23)15-6-8-16(9-7-15)22(29)30-4-2/h5-14,21H,3-4H2,1-2H3,(H,25,26,27). The van der Waals surface area contributed by atoms with Crippen molar-refractivity contribution in [3.8, 4) is 5.75 Å². The second kappa shape index (κ2) is 10.5. The molecule has 0 saturated carbocycles.